The first-order valence-electron chi connectivity index (χ1n) is 6.47. The number of hydrogen-bond acceptors (Lipinski definition) is 3. The lowest BCUT2D eigenvalue weighted by atomic mass is 10.1. The average molecular weight is 287 g/mol. The molecule has 0 saturated heterocycles. The third-order valence-corrected chi connectivity index (χ3v) is 3.41. The highest BCUT2D eigenvalue weighted by Gasteiger charge is 2.16. The molecule has 0 unspecified atom stereocenters. The van der Waals surface area contributed by atoms with E-state index in [1.54, 1.807) is 0 Å². The predicted molar refractivity (Wildman–Crippen MR) is 80.8 cm³/mol. The molecule has 110 valence electrons. The zero-order valence-electron chi connectivity index (χ0n) is 12.4. The summed E-state index contributed by atoms with van der Waals surface area (Å²) in [6.45, 7) is 3.75. The van der Waals surface area contributed by atoms with Gasteiger partial charge in [0.15, 0.2) is 0 Å². The zero-order chi connectivity index (χ0) is 15.7. The summed E-state index contributed by atoms with van der Waals surface area (Å²) in [4.78, 5) is 36.0. The molecule has 6 heteroatoms. The fourth-order valence-corrected chi connectivity index (χ4v) is 2.16. The number of para-hydroxylation sites is 1. The lowest BCUT2D eigenvalue weighted by molar-refractivity contribution is 0.102. The largest absolute Gasteiger partial charge is 0.330 e. The Morgan fingerprint density at radius 1 is 1.10 bits per heavy atom. The van der Waals surface area contributed by atoms with Gasteiger partial charge in [-0.25, -0.2) is 4.79 Å². The average Bonchev–Trinajstić information content (AvgIpc) is 2.44. The quantitative estimate of drug-likeness (QED) is 0.894. The molecule has 0 spiro atoms. The summed E-state index contributed by atoms with van der Waals surface area (Å²) >= 11 is 0. The summed E-state index contributed by atoms with van der Waals surface area (Å²) in [5, 5.41) is 2.74. The van der Waals surface area contributed by atoms with Crippen molar-refractivity contribution in [2.75, 3.05) is 5.32 Å². The van der Waals surface area contributed by atoms with E-state index in [4.69, 9.17) is 0 Å². The fraction of sp³-hybridized carbons (Fsp3) is 0.267. The summed E-state index contributed by atoms with van der Waals surface area (Å²) in [6.07, 6.45) is 1.26. The molecule has 0 aliphatic rings. The highest BCUT2D eigenvalue weighted by Crippen LogP contribution is 2.19. The molecule has 0 aliphatic carbocycles. The molecule has 21 heavy (non-hydrogen) atoms. The van der Waals surface area contributed by atoms with Crippen LogP contribution in [0.4, 0.5) is 5.69 Å². The summed E-state index contributed by atoms with van der Waals surface area (Å²) in [6, 6.07) is 5.65. The molecule has 1 N–H and O–H groups in total. The van der Waals surface area contributed by atoms with Crippen molar-refractivity contribution in [1.82, 2.24) is 9.13 Å². The Kier molecular flexibility index (Phi) is 3.80. The number of rotatable bonds is 2. The van der Waals surface area contributed by atoms with E-state index in [-0.39, 0.29) is 5.56 Å². The van der Waals surface area contributed by atoms with Crippen molar-refractivity contribution in [3.63, 3.8) is 0 Å². The molecule has 2 aromatic rings. The minimum absolute atomic E-state index is 0.0674. The number of nitrogens with one attached hydrogen (secondary N) is 1. The third-order valence-electron chi connectivity index (χ3n) is 3.41. The molecule has 0 aliphatic heterocycles. The van der Waals surface area contributed by atoms with Gasteiger partial charge in [0, 0.05) is 26.0 Å². The van der Waals surface area contributed by atoms with Gasteiger partial charge in [-0.15, -0.1) is 0 Å². The predicted octanol–water partition coefficient (Wildman–Crippen LogP) is 0.953. The molecular formula is C15H17N3O3. The summed E-state index contributed by atoms with van der Waals surface area (Å²) in [5.74, 6) is -0.524. The van der Waals surface area contributed by atoms with Crippen molar-refractivity contribution in [1.29, 1.82) is 0 Å². The van der Waals surface area contributed by atoms with E-state index in [9.17, 15) is 14.4 Å². The van der Waals surface area contributed by atoms with Crippen molar-refractivity contribution >= 4 is 11.6 Å². The lowest BCUT2D eigenvalue weighted by Crippen LogP contribution is -2.40. The van der Waals surface area contributed by atoms with Crippen LogP contribution >= 0.6 is 0 Å². The lowest BCUT2D eigenvalue weighted by Gasteiger charge is -2.12. The van der Waals surface area contributed by atoms with Crippen molar-refractivity contribution in [2.24, 2.45) is 14.1 Å². The van der Waals surface area contributed by atoms with Gasteiger partial charge in [0.1, 0.15) is 5.56 Å². The number of aromatic nitrogens is 2. The first-order chi connectivity index (χ1) is 9.82. The topological polar surface area (TPSA) is 73.1 Å². The minimum atomic E-state index is -0.609. The standard InChI is InChI=1S/C15H17N3O3/c1-9-6-5-7-10(2)12(9)16-13(19)11-8-17(3)15(21)18(4)14(11)20/h5-8H,1-4H3,(H,16,19). The van der Waals surface area contributed by atoms with Gasteiger partial charge in [0.05, 0.1) is 0 Å². The number of carbonyl (C=O) groups excluding carboxylic acids is 1. The number of aryl methyl sites for hydroxylation is 3. The third kappa shape index (κ3) is 2.65. The highest BCUT2D eigenvalue weighted by atomic mass is 16.2. The second-order valence-corrected chi connectivity index (χ2v) is 5.02. The van der Waals surface area contributed by atoms with Gasteiger partial charge in [-0.1, -0.05) is 18.2 Å². The molecule has 1 heterocycles. The Bertz CT molecular complexity index is 811. The van der Waals surface area contributed by atoms with E-state index in [1.807, 2.05) is 32.0 Å². The molecule has 2 rings (SSSR count). The van der Waals surface area contributed by atoms with Gasteiger partial charge in [0.25, 0.3) is 11.5 Å². The number of anilines is 1. The van der Waals surface area contributed by atoms with Gasteiger partial charge in [0.2, 0.25) is 0 Å². The molecule has 0 saturated carbocycles. The van der Waals surface area contributed by atoms with Crippen molar-refractivity contribution in [3.8, 4) is 0 Å². The second kappa shape index (κ2) is 5.40. The van der Waals surface area contributed by atoms with Crippen LogP contribution in [0, 0.1) is 13.8 Å². The van der Waals surface area contributed by atoms with Crippen LogP contribution < -0.4 is 16.6 Å². The maximum atomic E-state index is 12.3. The summed E-state index contributed by atoms with van der Waals surface area (Å²) < 4.78 is 2.13. The molecule has 0 fully saturated rings. The monoisotopic (exact) mass is 287 g/mol. The van der Waals surface area contributed by atoms with E-state index in [1.165, 1.54) is 24.9 Å². The fourth-order valence-electron chi connectivity index (χ4n) is 2.16. The first kappa shape index (κ1) is 14.8. The maximum Gasteiger partial charge on any atom is 0.330 e. The van der Waals surface area contributed by atoms with Crippen molar-refractivity contribution in [3.05, 3.63) is 61.9 Å². The molecule has 0 bridgehead atoms. The number of nitrogens with zero attached hydrogens (tertiary/aromatic N) is 2. The number of amides is 1. The Hall–Kier alpha value is -2.63. The minimum Gasteiger partial charge on any atom is -0.321 e. The molecule has 0 radical (unpaired) electrons. The Morgan fingerprint density at radius 3 is 2.24 bits per heavy atom. The molecule has 1 aromatic heterocycles. The van der Waals surface area contributed by atoms with Gasteiger partial charge in [-0.3, -0.25) is 14.2 Å². The number of carbonyl (C=O) groups is 1. The molecular weight excluding hydrogens is 270 g/mol. The van der Waals surface area contributed by atoms with Crippen LogP contribution in [0.25, 0.3) is 0 Å². The Morgan fingerprint density at radius 2 is 1.67 bits per heavy atom. The van der Waals surface area contributed by atoms with Crippen LogP contribution in [0.15, 0.2) is 34.0 Å². The van der Waals surface area contributed by atoms with E-state index < -0.39 is 17.2 Å². The molecule has 6 nitrogen and oxygen atoms in total. The second-order valence-electron chi connectivity index (χ2n) is 5.02. The SMILES string of the molecule is Cc1cccc(C)c1NC(=O)c1cn(C)c(=O)n(C)c1=O. The van der Waals surface area contributed by atoms with Crippen LogP contribution in [-0.4, -0.2) is 15.0 Å². The Balaban J connectivity index is 2.48. The molecule has 0 atom stereocenters. The van der Waals surface area contributed by atoms with E-state index in [2.05, 4.69) is 5.32 Å². The van der Waals surface area contributed by atoms with Gasteiger partial charge < -0.3 is 9.88 Å². The van der Waals surface area contributed by atoms with Crippen molar-refractivity contribution < 1.29 is 4.79 Å². The van der Waals surface area contributed by atoms with E-state index in [0.29, 0.717) is 5.69 Å². The Labute approximate surface area is 121 Å². The summed E-state index contributed by atoms with van der Waals surface area (Å²) in [7, 11) is 2.85. The zero-order valence-corrected chi connectivity index (χ0v) is 12.4. The van der Waals surface area contributed by atoms with Crippen LogP contribution in [0.5, 0.6) is 0 Å². The first-order valence-corrected chi connectivity index (χ1v) is 6.47. The van der Waals surface area contributed by atoms with Crippen LogP contribution in [0.3, 0.4) is 0 Å². The van der Waals surface area contributed by atoms with Crippen LogP contribution in [0.2, 0.25) is 0 Å². The van der Waals surface area contributed by atoms with Crippen molar-refractivity contribution in [2.45, 2.75) is 13.8 Å². The smallest absolute Gasteiger partial charge is 0.321 e. The molecule has 1 aromatic carbocycles. The normalized spacial score (nSPS) is 10.5. The van der Waals surface area contributed by atoms with Crippen LogP contribution in [-0.2, 0) is 14.1 Å². The highest BCUT2D eigenvalue weighted by molar-refractivity contribution is 6.04. The van der Waals surface area contributed by atoms with Gasteiger partial charge >= 0.3 is 5.69 Å². The van der Waals surface area contributed by atoms with Crippen LogP contribution in [0.1, 0.15) is 21.5 Å². The van der Waals surface area contributed by atoms with Gasteiger partial charge in [-0.2, -0.15) is 0 Å². The maximum absolute atomic E-state index is 12.3. The summed E-state index contributed by atoms with van der Waals surface area (Å²) in [5.41, 5.74) is 1.35. The number of hydrogen-bond donors (Lipinski definition) is 1. The van der Waals surface area contributed by atoms with Gasteiger partial charge in [-0.05, 0) is 25.0 Å². The molecule has 1 amide bonds. The van der Waals surface area contributed by atoms with E-state index in [0.717, 1.165) is 15.7 Å². The van der Waals surface area contributed by atoms with E-state index >= 15 is 0 Å². The number of benzene rings is 1.